The molecule has 0 atom stereocenters. The number of halogens is 1. The summed E-state index contributed by atoms with van der Waals surface area (Å²) < 4.78 is 5.44. The van der Waals surface area contributed by atoms with Crippen LogP contribution in [-0.2, 0) is 4.79 Å². The largest absolute Gasteiger partial charge is 0.411 e. The van der Waals surface area contributed by atoms with E-state index in [2.05, 4.69) is 21.4 Å². The summed E-state index contributed by atoms with van der Waals surface area (Å²) in [5, 5.41) is 11.1. The number of aromatic nitrogens is 2. The predicted molar refractivity (Wildman–Crippen MR) is 77.3 cm³/mol. The Morgan fingerprint density at radius 3 is 3.00 bits per heavy atom. The minimum Gasteiger partial charge on any atom is -0.411 e. The molecule has 0 unspecified atom stereocenters. The average Bonchev–Trinajstić information content (AvgIpc) is 2.92. The first-order valence-corrected chi connectivity index (χ1v) is 6.98. The number of carbonyl (C=O) groups is 1. The monoisotopic (exact) mass is 307 g/mol. The quantitative estimate of drug-likeness (QED) is 0.677. The van der Waals surface area contributed by atoms with Crippen LogP contribution in [0.4, 0.5) is 0 Å². The van der Waals surface area contributed by atoms with Crippen LogP contribution in [0.2, 0.25) is 5.02 Å². The van der Waals surface area contributed by atoms with Gasteiger partial charge >= 0.3 is 0 Å². The second-order valence-electron chi connectivity index (χ2n) is 3.62. The van der Waals surface area contributed by atoms with Crippen LogP contribution in [0, 0.1) is 12.3 Å². The summed E-state index contributed by atoms with van der Waals surface area (Å²) in [6.07, 6.45) is 5.04. The van der Waals surface area contributed by atoms with E-state index in [4.69, 9.17) is 22.4 Å². The van der Waals surface area contributed by atoms with Crippen molar-refractivity contribution in [3.8, 4) is 23.8 Å². The van der Waals surface area contributed by atoms with E-state index in [1.54, 1.807) is 12.1 Å². The van der Waals surface area contributed by atoms with Crippen molar-refractivity contribution in [2.24, 2.45) is 0 Å². The molecule has 0 fully saturated rings. The second kappa shape index (κ2) is 6.98. The van der Waals surface area contributed by atoms with E-state index in [-0.39, 0.29) is 18.2 Å². The molecule has 1 heterocycles. The Balaban J connectivity index is 1.98. The lowest BCUT2D eigenvalue weighted by Gasteiger charge is -1.98. The predicted octanol–water partition coefficient (Wildman–Crippen LogP) is 2.23. The minimum absolute atomic E-state index is 0.159. The molecule has 0 saturated heterocycles. The number of hydrogen-bond acceptors (Lipinski definition) is 5. The van der Waals surface area contributed by atoms with E-state index in [1.165, 1.54) is 0 Å². The smallest absolute Gasteiger partial charge is 0.277 e. The molecule has 0 spiro atoms. The molecule has 5 nitrogen and oxygen atoms in total. The van der Waals surface area contributed by atoms with E-state index in [1.807, 2.05) is 12.1 Å². The van der Waals surface area contributed by atoms with Gasteiger partial charge in [0.15, 0.2) is 0 Å². The van der Waals surface area contributed by atoms with Gasteiger partial charge in [-0.3, -0.25) is 4.79 Å². The molecule has 2 rings (SSSR count). The number of hydrogen-bond donors (Lipinski definition) is 1. The van der Waals surface area contributed by atoms with Crippen molar-refractivity contribution < 1.29 is 9.21 Å². The van der Waals surface area contributed by atoms with Crippen molar-refractivity contribution in [1.29, 1.82) is 0 Å². The highest BCUT2D eigenvalue weighted by molar-refractivity contribution is 7.99. The van der Waals surface area contributed by atoms with Crippen LogP contribution in [0.1, 0.15) is 0 Å². The molecule has 0 saturated carbocycles. The Hall–Kier alpha value is -1.97. The number of amides is 1. The van der Waals surface area contributed by atoms with E-state index in [0.29, 0.717) is 21.7 Å². The van der Waals surface area contributed by atoms with Gasteiger partial charge < -0.3 is 9.73 Å². The zero-order valence-electron chi connectivity index (χ0n) is 10.3. The number of thioether (sulfide) groups is 1. The summed E-state index contributed by atoms with van der Waals surface area (Å²) in [7, 11) is 0. The maximum Gasteiger partial charge on any atom is 0.277 e. The number of terminal acetylenes is 1. The number of nitrogens with zero attached hydrogens (tertiary/aromatic N) is 2. The van der Waals surface area contributed by atoms with Crippen LogP contribution in [0.5, 0.6) is 0 Å². The van der Waals surface area contributed by atoms with E-state index < -0.39 is 0 Å². The third-order valence-electron chi connectivity index (χ3n) is 2.23. The molecule has 0 aliphatic heterocycles. The molecule has 0 aliphatic carbocycles. The van der Waals surface area contributed by atoms with Gasteiger partial charge in [0.1, 0.15) is 0 Å². The molecule has 1 aromatic carbocycles. The molecular weight excluding hydrogens is 298 g/mol. The van der Waals surface area contributed by atoms with Crippen LogP contribution in [0.25, 0.3) is 11.5 Å². The van der Waals surface area contributed by atoms with Gasteiger partial charge in [-0.25, -0.2) is 0 Å². The Bertz CT molecular complexity index is 651. The van der Waals surface area contributed by atoms with E-state index in [9.17, 15) is 4.79 Å². The Kier molecular flexibility index (Phi) is 5.04. The zero-order valence-corrected chi connectivity index (χ0v) is 11.9. The van der Waals surface area contributed by atoms with Crippen molar-refractivity contribution >= 4 is 29.3 Å². The molecule has 1 amide bonds. The molecule has 7 heteroatoms. The van der Waals surface area contributed by atoms with Gasteiger partial charge in [0.05, 0.1) is 22.9 Å². The maximum atomic E-state index is 11.4. The summed E-state index contributed by atoms with van der Waals surface area (Å²) in [5.41, 5.74) is 0.658. The van der Waals surface area contributed by atoms with Crippen LogP contribution in [0.15, 0.2) is 33.9 Å². The fourth-order valence-corrected chi connectivity index (χ4v) is 2.15. The van der Waals surface area contributed by atoms with Gasteiger partial charge in [-0.05, 0) is 12.1 Å². The Morgan fingerprint density at radius 2 is 2.25 bits per heavy atom. The van der Waals surface area contributed by atoms with Crippen molar-refractivity contribution in [3.63, 3.8) is 0 Å². The van der Waals surface area contributed by atoms with Crippen molar-refractivity contribution in [1.82, 2.24) is 15.5 Å². The van der Waals surface area contributed by atoms with Gasteiger partial charge in [-0.2, -0.15) is 0 Å². The van der Waals surface area contributed by atoms with Crippen LogP contribution >= 0.6 is 23.4 Å². The highest BCUT2D eigenvalue weighted by Gasteiger charge is 2.12. The SMILES string of the molecule is C#CCNC(=O)CSc1nnc(-c2ccccc2Cl)o1. The first-order valence-electron chi connectivity index (χ1n) is 5.62. The summed E-state index contributed by atoms with van der Waals surface area (Å²) in [5.74, 6) is 2.61. The van der Waals surface area contributed by atoms with Crippen LogP contribution < -0.4 is 5.32 Å². The highest BCUT2D eigenvalue weighted by Crippen LogP contribution is 2.28. The van der Waals surface area contributed by atoms with Gasteiger partial charge in [-0.1, -0.05) is 41.4 Å². The lowest BCUT2D eigenvalue weighted by atomic mass is 10.2. The van der Waals surface area contributed by atoms with Crippen molar-refractivity contribution in [2.45, 2.75) is 5.22 Å². The average molecular weight is 308 g/mol. The zero-order chi connectivity index (χ0) is 14.4. The molecule has 0 bridgehead atoms. The van der Waals surface area contributed by atoms with Gasteiger partial charge in [0.2, 0.25) is 11.8 Å². The van der Waals surface area contributed by atoms with Crippen LogP contribution in [-0.4, -0.2) is 28.4 Å². The van der Waals surface area contributed by atoms with E-state index >= 15 is 0 Å². The number of nitrogens with one attached hydrogen (secondary N) is 1. The van der Waals surface area contributed by atoms with Gasteiger partial charge in [0.25, 0.3) is 5.22 Å². The molecule has 2 aromatic rings. The summed E-state index contributed by atoms with van der Waals surface area (Å²) in [6.45, 7) is 0.202. The highest BCUT2D eigenvalue weighted by atomic mass is 35.5. The fourth-order valence-electron chi connectivity index (χ4n) is 1.34. The Morgan fingerprint density at radius 1 is 1.45 bits per heavy atom. The standard InChI is InChI=1S/C13H10ClN3O2S/c1-2-7-15-11(18)8-20-13-17-16-12(19-13)9-5-3-4-6-10(9)14/h1,3-6H,7-8H2,(H,15,18). The van der Waals surface area contributed by atoms with Crippen molar-refractivity contribution in [3.05, 3.63) is 29.3 Å². The summed E-state index contributed by atoms with van der Waals surface area (Å²) in [6, 6.07) is 7.16. The number of carbonyl (C=O) groups excluding carboxylic acids is 1. The lowest BCUT2D eigenvalue weighted by Crippen LogP contribution is -2.25. The summed E-state index contributed by atoms with van der Waals surface area (Å²) >= 11 is 7.17. The lowest BCUT2D eigenvalue weighted by molar-refractivity contribution is -0.118. The second-order valence-corrected chi connectivity index (χ2v) is 4.96. The molecule has 20 heavy (non-hydrogen) atoms. The fraction of sp³-hybridized carbons (Fsp3) is 0.154. The minimum atomic E-state index is -0.189. The van der Waals surface area contributed by atoms with Gasteiger partial charge in [-0.15, -0.1) is 16.6 Å². The van der Waals surface area contributed by atoms with Crippen LogP contribution in [0.3, 0.4) is 0 Å². The maximum absolute atomic E-state index is 11.4. The van der Waals surface area contributed by atoms with Gasteiger partial charge in [0, 0.05) is 0 Å². The number of rotatable bonds is 5. The Labute approximate surface area is 125 Å². The molecule has 102 valence electrons. The normalized spacial score (nSPS) is 10.0. The third-order valence-corrected chi connectivity index (χ3v) is 3.37. The third kappa shape index (κ3) is 3.76. The molecule has 1 aromatic heterocycles. The topological polar surface area (TPSA) is 68.0 Å². The number of benzene rings is 1. The first kappa shape index (κ1) is 14.4. The molecule has 1 N–H and O–H groups in total. The van der Waals surface area contributed by atoms with E-state index in [0.717, 1.165) is 11.8 Å². The molecular formula is C13H10ClN3O2S. The first-order chi connectivity index (χ1) is 9.70. The molecule has 0 radical (unpaired) electrons. The molecule has 0 aliphatic rings. The van der Waals surface area contributed by atoms with Crippen molar-refractivity contribution in [2.75, 3.05) is 12.3 Å². The summed E-state index contributed by atoms with van der Waals surface area (Å²) in [4.78, 5) is 11.4.